The number of cyclic esters (lactones) is 3. The summed E-state index contributed by atoms with van der Waals surface area (Å²) in [6, 6.07) is 1.00. The number of hydrogen-bond donors (Lipinski definition) is 0. The summed E-state index contributed by atoms with van der Waals surface area (Å²) in [5.74, 6) is -5.38. The first kappa shape index (κ1) is 30.0. The van der Waals surface area contributed by atoms with Gasteiger partial charge in [-0.05, 0) is 46.0 Å². The third-order valence-corrected chi connectivity index (χ3v) is 8.26. The fourth-order valence-corrected chi connectivity index (χ4v) is 7.27. The van der Waals surface area contributed by atoms with Crippen LogP contribution in [0.1, 0.15) is 60.3 Å². The van der Waals surface area contributed by atoms with Crippen molar-refractivity contribution in [3.63, 3.8) is 0 Å². The second-order valence-corrected chi connectivity index (χ2v) is 18.1. The van der Waals surface area contributed by atoms with Gasteiger partial charge >= 0.3 is 29.8 Å². The molecule has 2 fully saturated rings. The first-order valence-corrected chi connectivity index (χ1v) is 16.5. The van der Waals surface area contributed by atoms with Gasteiger partial charge in [0, 0.05) is 8.07 Å². The second-order valence-electron chi connectivity index (χ2n) is 12.6. The molecule has 204 valence electrons. The summed E-state index contributed by atoms with van der Waals surface area (Å²) < 4.78 is 20.8. The van der Waals surface area contributed by atoms with Gasteiger partial charge in [-0.15, -0.1) is 0 Å². The highest BCUT2D eigenvalue weighted by Crippen LogP contribution is 2.38. The number of carbonyl (C=O) groups excluding carboxylic acids is 5. The Morgan fingerprint density at radius 1 is 1.00 bits per heavy atom. The molecule has 10 heteroatoms. The highest BCUT2D eigenvalue weighted by molar-refractivity contribution is 6.76. The molecule has 0 aromatic rings. The van der Waals surface area contributed by atoms with Gasteiger partial charge in [-0.2, -0.15) is 0 Å². The van der Waals surface area contributed by atoms with E-state index in [1.54, 1.807) is 27.7 Å². The lowest BCUT2D eigenvalue weighted by Crippen LogP contribution is -2.34. The van der Waals surface area contributed by atoms with Gasteiger partial charge in [0.05, 0.1) is 30.1 Å². The molecule has 0 radical (unpaired) electrons. The van der Waals surface area contributed by atoms with Gasteiger partial charge in [-0.1, -0.05) is 39.5 Å². The molecule has 0 spiro atoms. The van der Waals surface area contributed by atoms with Gasteiger partial charge in [0.1, 0.15) is 18.3 Å². The summed E-state index contributed by atoms with van der Waals surface area (Å²) in [6.45, 7) is 15.7. The lowest BCUT2D eigenvalue weighted by molar-refractivity contribution is -0.163. The lowest BCUT2D eigenvalue weighted by atomic mass is 9.79. The monoisotopic (exact) mass is 526 g/mol. The Morgan fingerprint density at radius 2 is 1.58 bits per heavy atom. The van der Waals surface area contributed by atoms with Crippen molar-refractivity contribution in [2.75, 3.05) is 6.61 Å². The van der Waals surface area contributed by atoms with Crippen molar-refractivity contribution in [2.24, 2.45) is 29.6 Å². The molecular formula is C26H42O9Si. The summed E-state index contributed by atoms with van der Waals surface area (Å²) in [5, 5.41) is 0. The van der Waals surface area contributed by atoms with E-state index in [-0.39, 0.29) is 31.8 Å². The predicted molar refractivity (Wildman–Crippen MR) is 133 cm³/mol. The fourth-order valence-electron chi connectivity index (χ4n) is 5.01. The van der Waals surface area contributed by atoms with Crippen LogP contribution in [0.5, 0.6) is 0 Å². The Kier molecular flexibility index (Phi) is 9.89. The van der Waals surface area contributed by atoms with E-state index in [9.17, 15) is 24.0 Å². The van der Waals surface area contributed by atoms with Crippen molar-refractivity contribution in [1.82, 2.24) is 0 Å². The van der Waals surface area contributed by atoms with E-state index >= 15 is 0 Å². The highest BCUT2D eigenvalue weighted by atomic mass is 28.3. The van der Waals surface area contributed by atoms with Crippen molar-refractivity contribution in [1.29, 1.82) is 0 Å². The molecule has 0 N–H and O–H groups in total. The van der Waals surface area contributed by atoms with E-state index in [2.05, 4.69) is 26.6 Å². The summed E-state index contributed by atoms with van der Waals surface area (Å²) in [4.78, 5) is 62.3. The summed E-state index contributed by atoms with van der Waals surface area (Å²) in [7, 11) is -1.38. The normalized spacial score (nSPS) is 25.1. The number of esters is 5. The van der Waals surface area contributed by atoms with Crippen LogP contribution in [0.2, 0.25) is 25.7 Å². The second kappa shape index (κ2) is 11.9. The Morgan fingerprint density at radius 3 is 2.08 bits per heavy atom. The minimum Gasteiger partial charge on any atom is -0.462 e. The molecule has 6 atom stereocenters. The number of rotatable bonds is 11. The first-order chi connectivity index (χ1) is 16.4. The van der Waals surface area contributed by atoms with Gasteiger partial charge < -0.3 is 18.9 Å². The van der Waals surface area contributed by atoms with Crippen LogP contribution in [-0.4, -0.2) is 56.2 Å². The van der Waals surface area contributed by atoms with Crippen molar-refractivity contribution in [3.05, 3.63) is 0 Å². The molecular weight excluding hydrogens is 484 g/mol. The smallest absolute Gasteiger partial charge is 0.317 e. The Labute approximate surface area is 214 Å². The zero-order chi connectivity index (χ0) is 27.4. The molecule has 0 aliphatic carbocycles. The van der Waals surface area contributed by atoms with Gasteiger partial charge in [0.15, 0.2) is 0 Å². The quantitative estimate of drug-likeness (QED) is 0.171. The van der Waals surface area contributed by atoms with Crippen molar-refractivity contribution in [2.45, 2.75) is 97.7 Å². The number of ether oxygens (including phenoxy) is 4. The highest BCUT2D eigenvalue weighted by Gasteiger charge is 2.47. The van der Waals surface area contributed by atoms with Crippen LogP contribution in [0.4, 0.5) is 0 Å². The Hall–Kier alpha value is -2.23. The zero-order valence-electron chi connectivity index (χ0n) is 22.9. The molecule has 6 unspecified atom stereocenters. The summed E-state index contributed by atoms with van der Waals surface area (Å²) in [5.41, 5.74) is -0.766. The topological polar surface area (TPSA) is 122 Å². The van der Waals surface area contributed by atoms with E-state index in [4.69, 9.17) is 18.9 Å². The molecule has 36 heavy (non-hydrogen) atoms. The Balaban J connectivity index is 2.16. The third-order valence-electron chi connectivity index (χ3n) is 6.34. The van der Waals surface area contributed by atoms with E-state index < -0.39 is 73.3 Å². The van der Waals surface area contributed by atoms with E-state index in [0.717, 1.165) is 6.04 Å². The summed E-state index contributed by atoms with van der Waals surface area (Å²) >= 11 is 0. The average molecular weight is 527 g/mol. The largest absolute Gasteiger partial charge is 0.462 e. The average Bonchev–Trinajstić information content (AvgIpc) is 3.21. The molecule has 9 nitrogen and oxygen atoms in total. The van der Waals surface area contributed by atoms with Crippen molar-refractivity contribution >= 4 is 37.9 Å². The van der Waals surface area contributed by atoms with Crippen LogP contribution in [0.15, 0.2) is 0 Å². The van der Waals surface area contributed by atoms with Crippen molar-refractivity contribution < 1.29 is 42.9 Å². The number of carbonyl (C=O) groups is 5. The van der Waals surface area contributed by atoms with Gasteiger partial charge in [-0.25, -0.2) is 0 Å². The molecule has 0 bridgehead atoms. The van der Waals surface area contributed by atoms with Gasteiger partial charge in [0.2, 0.25) is 0 Å². The molecule has 2 rings (SSSR count). The van der Waals surface area contributed by atoms with Crippen LogP contribution in [0.3, 0.4) is 0 Å². The van der Waals surface area contributed by atoms with Crippen LogP contribution in [-0.2, 0) is 42.9 Å². The third kappa shape index (κ3) is 9.33. The fraction of sp³-hybridized carbons (Fsp3) is 0.808. The van der Waals surface area contributed by atoms with Gasteiger partial charge in [0.25, 0.3) is 0 Å². The Bertz CT molecular complexity index is 854. The molecule has 2 aliphatic heterocycles. The SMILES string of the molecule is CC(CC1C(=O)OC(=O)C1CC(CC(C)C(=O)OC1COC(=O)C1)C(=O)OC(C)(C)C)C[Si](C)(C)C. The first-order valence-electron chi connectivity index (χ1n) is 12.8. The van der Waals surface area contributed by atoms with Crippen LogP contribution >= 0.6 is 0 Å². The van der Waals surface area contributed by atoms with Crippen LogP contribution in [0.25, 0.3) is 0 Å². The van der Waals surface area contributed by atoms with E-state index in [1.807, 2.05) is 0 Å². The standard InChI is InChI=1S/C26H42O9Si/c1-15(14-36(6,7)8)9-19-20(25(31)34-24(19)30)11-17(23(29)35-26(3,4)5)10-16(2)22(28)33-18-12-21(27)32-13-18/h15-20H,9-14H2,1-8H3. The minimum absolute atomic E-state index is 0.00126. The maximum atomic E-state index is 13.1. The summed E-state index contributed by atoms with van der Waals surface area (Å²) in [6.07, 6.45) is -0.0153. The molecule has 0 saturated carbocycles. The number of hydrogen-bond acceptors (Lipinski definition) is 9. The van der Waals surface area contributed by atoms with Crippen LogP contribution in [0, 0.1) is 29.6 Å². The molecule has 0 aromatic heterocycles. The predicted octanol–water partition coefficient (Wildman–Crippen LogP) is 3.90. The molecule has 2 saturated heterocycles. The van der Waals surface area contributed by atoms with Crippen molar-refractivity contribution in [3.8, 4) is 0 Å². The van der Waals surface area contributed by atoms with Gasteiger partial charge in [-0.3, -0.25) is 24.0 Å². The molecule has 0 amide bonds. The zero-order valence-corrected chi connectivity index (χ0v) is 23.9. The molecule has 0 aromatic carbocycles. The van der Waals surface area contributed by atoms with E-state index in [1.165, 1.54) is 0 Å². The maximum absolute atomic E-state index is 13.1. The van der Waals surface area contributed by atoms with E-state index in [0.29, 0.717) is 6.42 Å². The molecule has 2 aliphatic rings. The molecule has 2 heterocycles. The maximum Gasteiger partial charge on any atom is 0.317 e. The van der Waals surface area contributed by atoms with Crippen LogP contribution < -0.4 is 0 Å². The minimum atomic E-state index is -1.38. The lowest BCUT2D eigenvalue weighted by Gasteiger charge is -2.28.